The standard InChI is InChI=1S/C13H18N4O4S/c1-2-21-7-3-6-14-13(22)16-15-9-10-8-11(17(19)20)4-5-12(10)18/h4-5,8-9,18H,2-3,6-7H2,1H3,(H2,14,16,22)/b15-9+. The quantitative estimate of drug-likeness (QED) is 0.218. The van der Waals surface area contributed by atoms with E-state index in [-0.39, 0.29) is 17.0 Å². The highest BCUT2D eigenvalue weighted by atomic mass is 32.1. The summed E-state index contributed by atoms with van der Waals surface area (Å²) in [4.78, 5) is 10.1. The van der Waals surface area contributed by atoms with E-state index in [1.54, 1.807) is 0 Å². The second-order valence-corrected chi connectivity index (χ2v) is 4.58. The number of nitro benzene ring substituents is 1. The summed E-state index contributed by atoms with van der Waals surface area (Å²) in [7, 11) is 0. The largest absolute Gasteiger partial charge is 0.507 e. The normalized spacial score (nSPS) is 10.6. The van der Waals surface area contributed by atoms with Crippen LogP contribution in [0.15, 0.2) is 23.3 Å². The van der Waals surface area contributed by atoms with Gasteiger partial charge >= 0.3 is 0 Å². The van der Waals surface area contributed by atoms with Gasteiger partial charge in [0.2, 0.25) is 0 Å². The van der Waals surface area contributed by atoms with E-state index in [2.05, 4.69) is 15.8 Å². The topological polar surface area (TPSA) is 109 Å². The summed E-state index contributed by atoms with van der Waals surface area (Å²) in [5.41, 5.74) is 2.66. The molecule has 0 heterocycles. The number of hydrogen-bond donors (Lipinski definition) is 3. The summed E-state index contributed by atoms with van der Waals surface area (Å²) in [6.45, 7) is 3.90. The maximum absolute atomic E-state index is 10.7. The minimum atomic E-state index is -0.547. The van der Waals surface area contributed by atoms with Crippen molar-refractivity contribution >= 4 is 29.2 Å². The molecule has 9 heteroatoms. The molecule has 0 spiro atoms. The molecule has 0 amide bonds. The van der Waals surface area contributed by atoms with Crippen LogP contribution in [0.4, 0.5) is 5.69 Å². The van der Waals surface area contributed by atoms with Gasteiger partial charge < -0.3 is 15.2 Å². The van der Waals surface area contributed by atoms with Crippen molar-refractivity contribution in [3.05, 3.63) is 33.9 Å². The average Bonchev–Trinajstić information content (AvgIpc) is 2.48. The first kappa shape index (κ1) is 17.8. The number of thiocarbonyl (C=S) groups is 1. The van der Waals surface area contributed by atoms with Gasteiger partial charge in [0.25, 0.3) is 5.69 Å². The average molecular weight is 326 g/mol. The molecule has 120 valence electrons. The molecular formula is C13H18N4O4S. The van der Waals surface area contributed by atoms with Gasteiger partial charge in [0.05, 0.1) is 11.1 Å². The summed E-state index contributed by atoms with van der Waals surface area (Å²) in [6, 6.07) is 3.67. The van der Waals surface area contributed by atoms with Crippen molar-refractivity contribution in [2.24, 2.45) is 5.10 Å². The van der Waals surface area contributed by atoms with Gasteiger partial charge in [-0.15, -0.1) is 0 Å². The molecule has 0 saturated heterocycles. The molecule has 1 aromatic rings. The van der Waals surface area contributed by atoms with Crippen molar-refractivity contribution in [2.75, 3.05) is 19.8 Å². The van der Waals surface area contributed by atoms with Gasteiger partial charge in [0.15, 0.2) is 5.11 Å². The SMILES string of the molecule is CCOCCCNC(=S)N/N=C/c1cc([N+](=O)[O-])ccc1O. The predicted octanol–water partition coefficient (Wildman–Crippen LogP) is 1.52. The number of nitro groups is 1. The third-order valence-corrected chi connectivity index (χ3v) is 2.78. The van der Waals surface area contributed by atoms with E-state index in [4.69, 9.17) is 17.0 Å². The zero-order valence-corrected chi connectivity index (χ0v) is 12.9. The first-order chi connectivity index (χ1) is 10.5. The Bertz CT molecular complexity index is 551. The van der Waals surface area contributed by atoms with Gasteiger partial charge in [-0.1, -0.05) is 0 Å². The Hall–Kier alpha value is -2.26. The zero-order valence-electron chi connectivity index (χ0n) is 12.1. The number of rotatable bonds is 8. The number of nitrogens with zero attached hydrogens (tertiary/aromatic N) is 2. The molecule has 1 aromatic carbocycles. The molecule has 0 bridgehead atoms. The number of non-ortho nitro benzene ring substituents is 1. The van der Waals surface area contributed by atoms with Gasteiger partial charge in [-0.25, -0.2) is 0 Å². The van der Waals surface area contributed by atoms with Crippen molar-refractivity contribution in [2.45, 2.75) is 13.3 Å². The monoisotopic (exact) mass is 326 g/mol. The maximum atomic E-state index is 10.7. The Balaban J connectivity index is 2.43. The summed E-state index contributed by atoms with van der Waals surface area (Å²) < 4.78 is 5.18. The predicted molar refractivity (Wildman–Crippen MR) is 87.2 cm³/mol. The Kier molecular flexibility index (Phi) is 7.79. The fraction of sp³-hybridized carbons (Fsp3) is 0.385. The maximum Gasteiger partial charge on any atom is 0.270 e. The Morgan fingerprint density at radius 1 is 1.59 bits per heavy atom. The number of phenolic OH excluding ortho intramolecular Hbond substituents is 1. The molecular weight excluding hydrogens is 308 g/mol. The molecule has 0 fully saturated rings. The van der Waals surface area contributed by atoms with Gasteiger partial charge in [0.1, 0.15) is 5.75 Å². The second kappa shape index (κ2) is 9.64. The highest BCUT2D eigenvalue weighted by molar-refractivity contribution is 7.80. The molecule has 0 aliphatic carbocycles. The number of ether oxygens (including phenoxy) is 1. The van der Waals surface area contributed by atoms with Crippen LogP contribution in [0.3, 0.4) is 0 Å². The van der Waals surface area contributed by atoms with Gasteiger partial charge in [-0.05, 0) is 31.6 Å². The van der Waals surface area contributed by atoms with Crippen LogP contribution < -0.4 is 10.7 Å². The van der Waals surface area contributed by atoms with E-state index in [0.29, 0.717) is 24.9 Å². The van der Waals surface area contributed by atoms with Crippen LogP contribution >= 0.6 is 12.2 Å². The number of phenols is 1. The van der Waals surface area contributed by atoms with Crippen molar-refractivity contribution < 1.29 is 14.8 Å². The Labute approximate surface area is 133 Å². The zero-order chi connectivity index (χ0) is 16.4. The molecule has 0 unspecified atom stereocenters. The highest BCUT2D eigenvalue weighted by Gasteiger charge is 2.08. The lowest BCUT2D eigenvalue weighted by atomic mass is 10.2. The minimum absolute atomic E-state index is 0.105. The molecule has 3 N–H and O–H groups in total. The first-order valence-electron chi connectivity index (χ1n) is 6.66. The van der Waals surface area contributed by atoms with Gasteiger partial charge in [-0.3, -0.25) is 15.5 Å². The van der Waals surface area contributed by atoms with Crippen LogP contribution in [0.1, 0.15) is 18.9 Å². The second-order valence-electron chi connectivity index (χ2n) is 4.18. The van der Waals surface area contributed by atoms with Crippen molar-refractivity contribution in [1.29, 1.82) is 0 Å². The van der Waals surface area contributed by atoms with Crippen LogP contribution in [0, 0.1) is 10.1 Å². The highest BCUT2D eigenvalue weighted by Crippen LogP contribution is 2.21. The molecule has 8 nitrogen and oxygen atoms in total. The van der Waals surface area contributed by atoms with Crippen molar-refractivity contribution in [3.63, 3.8) is 0 Å². The molecule has 22 heavy (non-hydrogen) atoms. The van der Waals surface area contributed by atoms with E-state index in [0.717, 1.165) is 6.42 Å². The number of nitrogens with one attached hydrogen (secondary N) is 2. The fourth-order valence-corrected chi connectivity index (χ4v) is 1.63. The Morgan fingerprint density at radius 2 is 2.36 bits per heavy atom. The smallest absolute Gasteiger partial charge is 0.270 e. The van der Waals surface area contributed by atoms with Crippen molar-refractivity contribution in [3.8, 4) is 5.75 Å². The summed E-state index contributed by atoms with van der Waals surface area (Å²) in [5, 5.41) is 27.3. The lowest BCUT2D eigenvalue weighted by Crippen LogP contribution is -2.33. The molecule has 0 saturated carbocycles. The Morgan fingerprint density at radius 3 is 3.05 bits per heavy atom. The minimum Gasteiger partial charge on any atom is -0.507 e. The van der Waals surface area contributed by atoms with Crippen LogP contribution in [-0.4, -0.2) is 41.1 Å². The van der Waals surface area contributed by atoms with Crippen LogP contribution in [0.2, 0.25) is 0 Å². The lowest BCUT2D eigenvalue weighted by molar-refractivity contribution is -0.384. The first-order valence-corrected chi connectivity index (χ1v) is 7.07. The number of aromatic hydroxyl groups is 1. The van der Waals surface area contributed by atoms with Gasteiger partial charge in [-0.2, -0.15) is 5.10 Å². The summed E-state index contributed by atoms with van der Waals surface area (Å²) >= 11 is 5.00. The molecule has 0 radical (unpaired) electrons. The molecule has 0 aliphatic heterocycles. The lowest BCUT2D eigenvalue weighted by Gasteiger charge is -2.06. The molecule has 0 atom stereocenters. The number of hydrazone groups is 1. The molecule has 0 aromatic heterocycles. The van der Waals surface area contributed by atoms with Gasteiger partial charge in [0, 0.05) is 37.5 Å². The molecule has 1 rings (SSSR count). The summed E-state index contributed by atoms with van der Waals surface area (Å²) in [5.74, 6) is -0.105. The third kappa shape index (κ3) is 6.46. The van der Waals surface area contributed by atoms with E-state index in [1.165, 1.54) is 24.4 Å². The van der Waals surface area contributed by atoms with Crippen LogP contribution in [0.25, 0.3) is 0 Å². The number of benzene rings is 1. The fourth-order valence-electron chi connectivity index (χ4n) is 1.48. The van der Waals surface area contributed by atoms with E-state index in [1.807, 2.05) is 6.92 Å². The summed E-state index contributed by atoms with van der Waals surface area (Å²) in [6.07, 6.45) is 2.07. The van der Waals surface area contributed by atoms with Crippen molar-refractivity contribution in [1.82, 2.24) is 10.7 Å². The van der Waals surface area contributed by atoms with Crippen LogP contribution in [-0.2, 0) is 4.74 Å². The van der Waals surface area contributed by atoms with E-state index in [9.17, 15) is 15.2 Å². The number of hydrogen-bond acceptors (Lipinski definition) is 6. The molecule has 0 aliphatic rings. The van der Waals surface area contributed by atoms with Crippen LogP contribution in [0.5, 0.6) is 5.75 Å². The van der Waals surface area contributed by atoms with E-state index >= 15 is 0 Å². The third-order valence-electron chi connectivity index (χ3n) is 2.55. The van der Waals surface area contributed by atoms with E-state index < -0.39 is 4.92 Å².